The molecule has 3 fully saturated rings. The van der Waals surface area contributed by atoms with E-state index < -0.39 is 0 Å². The number of carbonyl (C=O) groups is 1. The molecule has 3 heterocycles. The molecule has 1 aromatic heterocycles. The summed E-state index contributed by atoms with van der Waals surface area (Å²) in [6, 6.07) is 0. The molecule has 0 unspecified atom stereocenters. The smallest absolute Gasteiger partial charge is 0.227 e. The van der Waals surface area contributed by atoms with Gasteiger partial charge >= 0.3 is 0 Å². The van der Waals surface area contributed by atoms with E-state index in [0.717, 1.165) is 44.9 Å². The van der Waals surface area contributed by atoms with Crippen LogP contribution in [0.15, 0.2) is 12.4 Å². The van der Waals surface area contributed by atoms with Gasteiger partial charge in [-0.1, -0.05) is 6.92 Å². The number of piperidine rings is 1. The largest absolute Gasteiger partial charge is 0.375 e. The highest BCUT2D eigenvalue weighted by molar-refractivity contribution is 5.80. The van der Waals surface area contributed by atoms with Crippen LogP contribution in [-0.2, 0) is 16.6 Å². The third-order valence-corrected chi connectivity index (χ3v) is 6.79. The monoisotopic (exact) mass is 374 g/mol. The number of nitrogens with zero attached hydrogens (tertiary/aromatic N) is 3. The SMILES string of the molecule is CC1CCC(OC2CCN(C(=O)[C@H]3CNC[C@@H]3c3cnn(C)c3)CC2)CC1. The van der Waals surface area contributed by atoms with Gasteiger partial charge in [-0.2, -0.15) is 5.10 Å². The maximum atomic E-state index is 13.1. The molecule has 0 radical (unpaired) electrons. The van der Waals surface area contributed by atoms with Gasteiger partial charge in [0.1, 0.15) is 0 Å². The lowest BCUT2D eigenvalue weighted by molar-refractivity contribution is -0.139. The Hall–Kier alpha value is -1.40. The Morgan fingerprint density at radius 2 is 1.81 bits per heavy atom. The third kappa shape index (κ3) is 4.37. The topological polar surface area (TPSA) is 59.4 Å². The predicted molar refractivity (Wildman–Crippen MR) is 104 cm³/mol. The summed E-state index contributed by atoms with van der Waals surface area (Å²) in [5.74, 6) is 1.44. The first-order chi connectivity index (χ1) is 13.1. The van der Waals surface area contributed by atoms with E-state index in [1.54, 1.807) is 0 Å². The second-order valence-electron chi connectivity index (χ2n) is 8.86. The maximum Gasteiger partial charge on any atom is 0.227 e. The normalized spacial score (nSPS) is 32.7. The summed E-state index contributed by atoms with van der Waals surface area (Å²) in [4.78, 5) is 15.2. The second-order valence-corrected chi connectivity index (χ2v) is 8.86. The number of amides is 1. The molecule has 1 aromatic rings. The predicted octanol–water partition coefficient (Wildman–Crippen LogP) is 2.31. The van der Waals surface area contributed by atoms with Gasteiger partial charge in [0, 0.05) is 45.3 Å². The van der Waals surface area contributed by atoms with Gasteiger partial charge in [-0.05, 0) is 50.0 Å². The molecule has 0 spiro atoms. The molecule has 150 valence electrons. The van der Waals surface area contributed by atoms with Gasteiger partial charge in [0.2, 0.25) is 5.91 Å². The molecule has 2 saturated heterocycles. The standard InChI is InChI=1S/C21H34N4O2/c1-15-3-5-17(6-4-15)27-18-7-9-25(10-8-18)21(26)20-13-22-12-19(20)16-11-23-24(2)14-16/h11,14-15,17-20,22H,3-10,12-13H2,1-2H3/t15?,17?,19-,20+/m1/s1. The van der Waals surface area contributed by atoms with Crippen molar-refractivity contribution in [3.8, 4) is 0 Å². The minimum Gasteiger partial charge on any atom is -0.375 e. The summed E-state index contributed by atoms with van der Waals surface area (Å²) >= 11 is 0. The van der Waals surface area contributed by atoms with E-state index in [1.807, 2.05) is 24.1 Å². The molecule has 1 aliphatic carbocycles. The molecule has 0 aromatic carbocycles. The van der Waals surface area contributed by atoms with Crippen LogP contribution in [0.4, 0.5) is 0 Å². The number of likely N-dealkylation sites (tertiary alicyclic amines) is 1. The number of ether oxygens (including phenoxy) is 1. The fraction of sp³-hybridized carbons (Fsp3) is 0.810. The summed E-state index contributed by atoms with van der Waals surface area (Å²) in [5, 5.41) is 7.69. The van der Waals surface area contributed by atoms with Crippen molar-refractivity contribution in [3.63, 3.8) is 0 Å². The molecule has 2 atom stereocenters. The van der Waals surface area contributed by atoms with E-state index in [1.165, 1.54) is 31.2 Å². The molecule has 1 amide bonds. The Labute approximate surface area is 162 Å². The zero-order valence-electron chi connectivity index (χ0n) is 16.8. The minimum absolute atomic E-state index is 0.0338. The van der Waals surface area contributed by atoms with E-state index in [0.29, 0.717) is 18.1 Å². The molecular formula is C21H34N4O2. The van der Waals surface area contributed by atoms with Crippen molar-refractivity contribution in [2.45, 2.75) is 63.6 Å². The number of aromatic nitrogens is 2. The Morgan fingerprint density at radius 1 is 1.11 bits per heavy atom. The maximum absolute atomic E-state index is 13.1. The third-order valence-electron chi connectivity index (χ3n) is 6.79. The van der Waals surface area contributed by atoms with Gasteiger partial charge in [0.25, 0.3) is 0 Å². The lowest BCUT2D eigenvalue weighted by Crippen LogP contribution is -2.45. The minimum atomic E-state index is 0.0338. The van der Waals surface area contributed by atoms with E-state index in [4.69, 9.17) is 4.74 Å². The molecule has 6 heteroatoms. The van der Waals surface area contributed by atoms with Gasteiger partial charge in [0.05, 0.1) is 24.3 Å². The van der Waals surface area contributed by atoms with Crippen LogP contribution in [-0.4, -0.2) is 59.0 Å². The Kier molecular flexibility index (Phi) is 5.83. The molecule has 1 N–H and O–H groups in total. The van der Waals surface area contributed by atoms with Crippen molar-refractivity contribution >= 4 is 5.91 Å². The lowest BCUT2D eigenvalue weighted by atomic mass is 9.88. The van der Waals surface area contributed by atoms with E-state index in [2.05, 4.69) is 22.2 Å². The zero-order valence-corrected chi connectivity index (χ0v) is 16.8. The molecular weight excluding hydrogens is 340 g/mol. The zero-order chi connectivity index (χ0) is 18.8. The first-order valence-electron chi connectivity index (χ1n) is 10.7. The lowest BCUT2D eigenvalue weighted by Gasteiger charge is -2.37. The molecule has 6 nitrogen and oxygen atoms in total. The number of rotatable bonds is 4. The van der Waals surface area contributed by atoms with Crippen molar-refractivity contribution in [3.05, 3.63) is 18.0 Å². The van der Waals surface area contributed by atoms with Gasteiger partial charge in [-0.3, -0.25) is 9.48 Å². The van der Waals surface area contributed by atoms with Crippen LogP contribution in [0.2, 0.25) is 0 Å². The fourth-order valence-electron chi connectivity index (χ4n) is 5.00. The number of nitrogens with one attached hydrogen (secondary N) is 1. The first-order valence-corrected chi connectivity index (χ1v) is 10.7. The quantitative estimate of drug-likeness (QED) is 0.879. The van der Waals surface area contributed by atoms with Gasteiger partial charge in [0.15, 0.2) is 0 Å². The highest BCUT2D eigenvalue weighted by atomic mass is 16.5. The van der Waals surface area contributed by atoms with Crippen molar-refractivity contribution < 1.29 is 9.53 Å². The fourth-order valence-corrected chi connectivity index (χ4v) is 5.00. The molecule has 2 aliphatic heterocycles. The van der Waals surface area contributed by atoms with E-state index in [-0.39, 0.29) is 11.8 Å². The van der Waals surface area contributed by atoms with Crippen LogP contribution in [0.25, 0.3) is 0 Å². The molecule has 0 bridgehead atoms. The number of aryl methyl sites for hydroxylation is 1. The van der Waals surface area contributed by atoms with Crippen LogP contribution < -0.4 is 5.32 Å². The summed E-state index contributed by atoms with van der Waals surface area (Å²) in [6.07, 6.45) is 11.7. The van der Waals surface area contributed by atoms with Crippen LogP contribution in [0.1, 0.15) is 56.9 Å². The van der Waals surface area contributed by atoms with Crippen LogP contribution in [0.5, 0.6) is 0 Å². The summed E-state index contributed by atoms with van der Waals surface area (Å²) in [6.45, 7) is 5.65. The van der Waals surface area contributed by atoms with E-state index >= 15 is 0 Å². The van der Waals surface area contributed by atoms with Crippen LogP contribution in [0.3, 0.4) is 0 Å². The Bertz CT molecular complexity index is 630. The van der Waals surface area contributed by atoms with Crippen molar-refractivity contribution in [2.24, 2.45) is 18.9 Å². The average Bonchev–Trinajstić information content (AvgIpc) is 3.32. The van der Waals surface area contributed by atoms with Crippen molar-refractivity contribution in [1.82, 2.24) is 20.0 Å². The summed E-state index contributed by atoms with van der Waals surface area (Å²) < 4.78 is 8.19. The van der Waals surface area contributed by atoms with Crippen LogP contribution in [0, 0.1) is 11.8 Å². The number of hydrogen-bond acceptors (Lipinski definition) is 4. The summed E-state index contributed by atoms with van der Waals surface area (Å²) in [5.41, 5.74) is 1.17. The molecule has 4 rings (SSSR count). The van der Waals surface area contributed by atoms with E-state index in [9.17, 15) is 4.79 Å². The summed E-state index contributed by atoms with van der Waals surface area (Å²) in [7, 11) is 1.93. The Balaban J connectivity index is 1.28. The van der Waals surface area contributed by atoms with Gasteiger partial charge < -0.3 is 15.0 Å². The highest BCUT2D eigenvalue weighted by Crippen LogP contribution is 2.31. The second kappa shape index (κ2) is 8.31. The van der Waals surface area contributed by atoms with Gasteiger partial charge in [-0.25, -0.2) is 0 Å². The molecule has 1 saturated carbocycles. The van der Waals surface area contributed by atoms with Gasteiger partial charge in [-0.15, -0.1) is 0 Å². The first kappa shape index (κ1) is 18.9. The number of carbonyl (C=O) groups excluding carboxylic acids is 1. The molecule has 3 aliphatic rings. The number of hydrogen-bond donors (Lipinski definition) is 1. The van der Waals surface area contributed by atoms with Crippen molar-refractivity contribution in [1.29, 1.82) is 0 Å². The average molecular weight is 375 g/mol. The highest BCUT2D eigenvalue weighted by Gasteiger charge is 2.38. The van der Waals surface area contributed by atoms with Crippen molar-refractivity contribution in [2.75, 3.05) is 26.2 Å². The molecule has 27 heavy (non-hydrogen) atoms. The Morgan fingerprint density at radius 3 is 2.48 bits per heavy atom. The van der Waals surface area contributed by atoms with Crippen LogP contribution >= 0.6 is 0 Å².